The van der Waals surface area contributed by atoms with Crippen LogP contribution >= 0.6 is 0 Å². The lowest BCUT2D eigenvalue weighted by Gasteiger charge is -2.14. The molecule has 0 atom stereocenters. The molecule has 3 nitrogen and oxygen atoms in total. The van der Waals surface area contributed by atoms with Gasteiger partial charge >= 0.3 is 0 Å². The Hall–Kier alpha value is -1.77. The average molecular weight is 174 g/mol. The monoisotopic (exact) mass is 174 g/mol. The normalized spacial score (nSPS) is 14.0. The van der Waals surface area contributed by atoms with Gasteiger partial charge in [-0.3, -0.25) is 0 Å². The molecule has 1 aliphatic rings. The molecule has 0 bridgehead atoms. The number of aliphatic imine (C=N–C) groups is 1. The van der Waals surface area contributed by atoms with Crippen LogP contribution in [0.1, 0.15) is 11.1 Å². The number of nitrogens with zero attached hydrogens (tertiary/aromatic N) is 1. The van der Waals surface area contributed by atoms with E-state index in [1.807, 2.05) is 18.2 Å². The number of ether oxygens (including phenoxy) is 1. The molecule has 13 heavy (non-hydrogen) atoms. The maximum atomic E-state index is 5.43. The van der Waals surface area contributed by atoms with Crippen molar-refractivity contribution < 1.29 is 4.74 Å². The van der Waals surface area contributed by atoms with E-state index in [2.05, 4.69) is 11.6 Å². The van der Waals surface area contributed by atoms with E-state index >= 15 is 0 Å². The van der Waals surface area contributed by atoms with Gasteiger partial charge in [-0.2, -0.15) is 4.99 Å². The van der Waals surface area contributed by atoms with Crippen LogP contribution in [0.15, 0.2) is 29.8 Å². The van der Waals surface area contributed by atoms with E-state index in [4.69, 9.17) is 10.5 Å². The van der Waals surface area contributed by atoms with E-state index in [1.54, 1.807) is 6.08 Å². The Balaban J connectivity index is 2.49. The van der Waals surface area contributed by atoms with Crippen LogP contribution in [0.25, 0.3) is 6.08 Å². The zero-order chi connectivity index (χ0) is 9.26. The number of rotatable bonds is 1. The van der Waals surface area contributed by atoms with E-state index in [1.165, 1.54) is 0 Å². The molecular formula is C10H10N2O. The number of amidine groups is 1. The van der Waals surface area contributed by atoms with Crippen LogP contribution in [-0.4, -0.2) is 6.02 Å². The van der Waals surface area contributed by atoms with Crippen molar-refractivity contribution in [3.05, 3.63) is 35.9 Å². The molecule has 2 rings (SSSR count). The number of fused-ring (bicyclic) bond motifs is 1. The van der Waals surface area contributed by atoms with E-state index in [-0.39, 0.29) is 6.02 Å². The molecule has 0 unspecified atom stereocenters. The largest absolute Gasteiger partial charge is 0.460 e. The van der Waals surface area contributed by atoms with Crippen molar-refractivity contribution in [1.82, 2.24) is 0 Å². The molecule has 66 valence electrons. The van der Waals surface area contributed by atoms with Crippen LogP contribution in [0, 0.1) is 0 Å². The molecule has 0 saturated carbocycles. The third-order valence-electron chi connectivity index (χ3n) is 1.95. The third kappa shape index (κ3) is 1.40. The summed E-state index contributed by atoms with van der Waals surface area (Å²) in [4.78, 5) is 4.06. The second-order valence-electron chi connectivity index (χ2n) is 2.83. The first kappa shape index (κ1) is 7.86. The smallest absolute Gasteiger partial charge is 0.287 e. The minimum Gasteiger partial charge on any atom is -0.460 e. The Bertz CT molecular complexity index is 383. The molecular weight excluding hydrogens is 164 g/mol. The SMILES string of the molecule is C=Cc1ccc2c(c1)COC(N)=N2. The first-order valence-electron chi connectivity index (χ1n) is 4.02. The van der Waals surface area contributed by atoms with Crippen molar-refractivity contribution in [3.8, 4) is 0 Å². The Morgan fingerprint density at radius 3 is 3.15 bits per heavy atom. The summed E-state index contributed by atoms with van der Waals surface area (Å²) >= 11 is 0. The van der Waals surface area contributed by atoms with E-state index in [0.717, 1.165) is 16.8 Å². The van der Waals surface area contributed by atoms with Gasteiger partial charge in [0.2, 0.25) is 0 Å². The minimum absolute atomic E-state index is 0.235. The van der Waals surface area contributed by atoms with Crippen LogP contribution in [0.5, 0.6) is 0 Å². The molecule has 1 aromatic carbocycles. The Kier molecular flexibility index (Phi) is 1.77. The summed E-state index contributed by atoms with van der Waals surface area (Å²) in [6.07, 6.45) is 1.79. The Labute approximate surface area is 76.5 Å². The fourth-order valence-electron chi connectivity index (χ4n) is 1.26. The second-order valence-corrected chi connectivity index (χ2v) is 2.83. The highest BCUT2D eigenvalue weighted by atomic mass is 16.5. The Morgan fingerprint density at radius 2 is 2.38 bits per heavy atom. The van der Waals surface area contributed by atoms with Gasteiger partial charge in [0.05, 0.1) is 5.69 Å². The van der Waals surface area contributed by atoms with Gasteiger partial charge in [-0.05, 0) is 17.7 Å². The lowest BCUT2D eigenvalue weighted by molar-refractivity contribution is 0.282. The standard InChI is InChI=1S/C10H10N2O/c1-2-7-3-4-9-8(5-7)6-13-10(11)12-9/h2-5H,1,6H2,(H2,11,12). The van der Waals surface area contributed by atoms with Gasteiger partial charge < -0.3 is 10.5 Å². The van der Waals surface area contributed by atoms with Crippen molar-refractivity contribution in [2.45, 2.75) is 6.61 Å². The highest BCUT2D eigenvalue weighted by molar-refractivity contribution is 5.78. The highest BCUT2D eigenvalue weighted by Gasteiger charge is 2.09. The van der Waals surface area contributed by atoms with Gasteiger partial charge in [-0.25, -0.2) is 0 Å². The predicted octanol–water partition coefficient (Wildman–Crippen LogP) is 1.81. The predicted molar refractivity (Wildman–Crippen MR) is 52.6 cm³/mol. The molecule has 0 radical (unpaired) electrons. The third-order valence-corrected chi connectivity index (χ3v) is 1.95. The van der Waals surface area contributed by atoms with Gasteiger partial charge in [0, 0.05) is 5.56 Å². The molecule has 0 aliphatic carbocycles. The average Bonchev–Trinajstić information content (AvgIpc) is 2.17. The van der Waals surface area contributed by atoms with Gasteiger partial charge in [0.25, 0.3) is 6.02 Å². The maximum absolute atomic E-state index is 5.43. The lowest BCUT2D eigenvalue weighted by Crippen LogP contribution is -2.18. The summed E-state index contributed by atoms with van der Waals surface area (Å²) in [5.74, 6) is 0. The highest BCUT2D eigenvalue weighted by Crippen LogP contribution is 2.25. The van der Waals surface area contributed by atoms with Gasteiger partial charge in [-0.15, -0.1) is 0 Å². The molecule has 1 aromatic rings. The maximum Gasteiger partial charge on any atom is 0.287 e. The van der Waals surface area contributed by atoms with Crippen LogP contribution < -0.4 is 5.73 Å². The molecule has 0 spiro atoms. The first-order chi connectivity index (χ1) is 6.29. The molecule has 2 N–H and O–H groups in total. The minimum atomic E-state index is 0.235. The number of hydrogen-bond donors (Lipinski definition) is 1. The quantitative estimate of drug-likeness (QED) is 0.705. The van der Waals surface area contributed by atoms with Crippen molar-refractivity contribution in [1.29, 1.82) is 0 Å². The topological polar surface area (TPSA) is 47.6 Å². The molecule has 0 saturated heterocycles. The number of benzene rings is 1. The van der Waals surface area contributed by atoms with Crippen molar-refractivity contribution in [3.63, 3.8) is 0 Å². The zero-order valence-corrected chi connectivity index (χ0v) is 7.16. The van der Waals surface area contributed by atoms with Crippen LogP contribution in [0.4, 0.5) is 5.69 Å². The number of hydrogen-bond acceptors (Lipinski definition) is 3. The molecule has 0 aromatic heterocycles. The summed E-state index contributed by atoms with van der Waals surface area (Å²) < 4.78 is 5.10. The van der Waals surface area contributed by atoms with E-state index in [0.29, 0.717) is 6.61 Å². The van der Waals surface area contributed by atoms with Crippen molar-refractivity contribution in [2.75, 3.05) is 0 Å². The fraction of sp³-hybridized carbons (Fsp3) is 0.100. The fourth-order valence-corrected chi connectivity index (χ4v) is 1.26. The molecule has 0 fully saturated rings. The van der Waals surface area contributed by atoms with E-state index in [9.17, 15) is 0 Å². The van der Waals surface area contributed by atoms with Crippen molar-refractivity contribution >= 4 is 17.8 Å². The summed E-state index contributed by atoms with van der Waals surface area (Å²) in [5.41, 5.74) is 8.43. The summed E-state index contributed by atoms with van der Waals surface area (Å²) in [7, 11) is 0. The second kappa shape index (κ2) is 2.94. The lowest BCUT2D eigenvalue weighted by atomic mass is 10.1. The van der Waals surface area contributed by atoms with Crippen LogP contribution in [0.3, 0.4) is 0 Å². The van der Waals surface area contributed by atoms with Crippen LogP contribution in [0.2, 0.25) is 0 Å². The van der Waals surface area contributed by atoms with Gasteiger partial charge in [-0.1, -0.05) is 18.7 Å². The molecule has 3 heteroatoms. The van der Waals surface area contributed by atoms with Crippen LogP contribution in [-0.2, 0) is 11.3 Å². The first-order valence-corrected chi connectivity index (χ1v) is 4.02. The van der Waals surface area contributed by atoms with Gasteiger partial charge in [0.1, 0.15) is 6.61 Å². The summed E-state index contributed by atoms with van der Waals surface area (Å²) in [6.45, 7) is 4.19. The summed E-state index contributed by atoms with van der Waals surface area (Å²) in [5, 5.41) is 0. The van der Waals surface area contributed by atoms with Gasteiger partial charge in [0.15, 0.2) is 0 Å². The zero-order valence-electron chi connectivity index (χ0n) is 7.16. The summed E-state index contributed by atoms with van der Waals surface area (Å²) in [6, 6.07) is 6.10. The Morgan fingerprint density at radius 1 is 1.54 bits per heavy atom. The molecule has 1 heterocycles. The van der Waals surface area contributed by atoms with E-state index < -0.39 is 0 Å². The van der Waals surface area contributed by atoms with Crippen molar-refractivity contribution in [2.24, 2.45) is 10.7 Å². The molecule has 1 aliphatic heterocycles. The number of nitrogens with two attached hydrogens (primary N) is 1. The molecule has 0 amide bonds.